The summed E-state index contributed by atoms with van der Waals surface area (Å²) < 4.78 is 0. The van der Waals surface area contributed by atoms with E-state index in [0.29, 0.717) is 11.8 Å². The molecule has 0 bridgehead atoms. The molecule has 110 valence electrons. The van der Waals surface area contributed by atoms with Gasteiger partial charge in [0, 0.05) is 0 Å². The van der Waals surface area contributed by atoms with Crippen LogP contribution in [0.4, 0.5) is 0 Å². The lowest BCUT2D eigenvalue weighted by Crippen LogP contribution is -2.37. The van der Waals surface area contributed by atoms with Crippen molar-refractivity contribution in [3.8, 4) is 0 Å². The maximum absolute atomic E-state index is 2.47. The molecule has 2 atom stereocenters. The minimum absolute atomic E-state index is 0.185. The molecule has 0 saturated heterocycles. The maximum atomic E-state index is 2.47. The quantitative estimate of drug-likeness (QED) is 0.500. The van der Waals surface area contributed by atoms with E-state index in [1.54, 1.807) is 0 Å². The van der Waals surface area contributed by atoms with E-state index in [4.69, 9.17) is 0 Å². The highest BCUT2D eigenvalue weighted by atomic mass is 14.5. The van der Waals surface area contributed by atoms with Gasteiger partial charge < -0.3 is 0 Å². The Balaban J connectivity index is 2.66. The van der Waals surface area contributed by atoms with Crippen molar-refractivity contribution in [2.45, 2.75) is 54.9 Å². The van der Waals surface area contributed by atoms with Crippen molar-refractivity contribution in [3.63, 3.8) is 0 Å². The molecule has 0 heteroatoms. The largest absolute Gasteiger partial charge is 0.0779 e. The number of hydrogen-bond donors (Lipinski definition) is 0. The zero-order valence-electron chi connectivity index (χ0n) is 14.2. The second-order valence-corrected chi connectivity index (χ2v) is 7.95. The van der Waals surface area contributed by atoms with Gasteiger partial charge in [0.1, 0.15) is 0 Å². The first-order valence-corrected chi connectivity index (χ1v) is 7.94. The standard InChI is InChI=1S/C20H30/c1-14-9-8-10-17-12-15(2)16(3)13-19(4,5)20(6,7)18(17)11-14/h8-12,14,16H,13H2,1-7H3/b15-12-. The predicted octanol–water partition coefficient (Wildman–Crippen LogP) is 6.08. The highest BCUT2D eigenvalue weighted by Gasteiger charge is 2.42. The molecule has 0 nitrogen and oxygen atoms in total. The Bertz CT molecular complexity index is 506. The van der Waals surface area contributed by atoms with Gasteiger partial charge in [-0.3, -0.25) is 0 Å². The third-order valence-corrected chi connectivity index (χ3v) is 5.77. The van der Waals surface area contributed by atoms with Crippen LogP contribution in [-0.2, 0) is 0 Å². The minimum Gasteiger partial charge on any atom is -0.0779 e. The van der Waals surface area contributed by atoms with Crippen LogP contribution in [0.2, 0.25) is 0 Å². The first-order chi connectivity index (χ1) is 9.15. The van der Waals surface area contributed by atoms with E-state index in [2.05, 4.69) is 78.8 Å². The van der Waals surface area contributed by atoms with E-state index in [-0.39, 0.29) is 10.8 Å². The Morgan fingerprint density at radius 1 is 1.10 bits per heavy atom. The average molecular weight is 270 g/mol. The summed E-state index contributed by atoms with van der Waals surface area (Å²) in [5.74, 6) is 1.16. The fraction of sp³-hybridized carbons (Fsp3) is 0.600. The molecule has 0 aromatic carbocycles. The summed E-state index contributed by atoms with van der Waals surface area (Å²) in [5.41, 5.74) is 4.91. The fourth-order valence-electron chi connectivity index (χ4n) is 3.47. The molecule has 0 aromatic heterocycles. The van der Waals surface area contributed by atoms with Crippen LogP contribution in [0, 0.1) is 22.7 Å². The van der Waals surface area contributed by atoms with E-state index in [0.717, 1.165) is 0 Å². The molecular formula is C20H30. The van der Waals surface area contributed by atoms with Crippen molar-refractivity contribution in [2.75, 3.05) is 0 Å². The summed E-state index contributed by atoms with van der Waals surface area (Å²) in [4.78, 5) is 0. The van der Waals surface area contributed by atoms with Crippen molar-refractivity contribution < 1.29 is 0 Å². The molecule has 0 aliphatic heterocycles. The molecule has 0 spiro atoms. The third kappa shape index (κ3) is 2.57. The molecule has 0 fully saturated rings. The first-order valence-electron chi connectivity index (χ1n) is 7.94. The van der Waals surface area contributed by atoms with Gasteiger partial charge in [-0.1, -0.05) is 77.5 Å². The Kier molecular flexibility index (Phi) is 3.88. The van der Waals surface area contributed by atoms with Gasteiger partial charge in [-0.15, -0.1) is 0 Å². The van der Waals surface area contributed by atoms with Crippen LogP contribution < -0.4 is 0 Å². The third-order valence-electron chi connectivity index (χ3n) is 5.77. The second kappa shape index (κ2) is 5.06. The normalized spacial score (nSPS) is 34.6. The molecule has 2 aliphatic rings. The monoisotopic (exact) mass is 270 g/mol. The zero-order valence-corrected chi connectivity index (χ0v) is 14.2. The van der Waals surface area contributed by atoms with Crippen LogP contribution in [0.1, 0.15) is 54.9 Å². The molecule has 0 radical (unpaired) electrons. The molecule has 2 aliphatic carbocycles. The van der Waals surface area contributed by atoms with Crippen LogP contribution in [0.15, 0.2) is 47.1 Å². The zero-order chi connectivity index (χ0) is 15.1. The van der Waals surface area contributed by atoms with Gasteiger partial charge >= 0.3 is 0 Å². The Hall–Kier alpha value is -1.04. The lowest BCUT2D eigenvalue weighted by Gasteiger charge is -2.47. The molecular weight excluding hydrogens is 240 g/mol. The Labute approximate surface area is 125 Å². The average Bonchev–Trinajstić information content (AvgIpc) is 2.50. The fourth-order valence-corrected chi connectivity index (χ4v) is 3.47. The second-order valence-electron chi connectivity index (χ2n) is 7.95. The van der Waals surface area contributed by atoms with Crippen LogP contribution >= 0.6 is 0 Å². The number of hydrogen-bond acceptors (Lipinski definition) is 0. The summed E-state index contributed by atoms with van der Waals surface area (Å²) in [6.07, 6.45) is 12.9. The number of rotatable bonds is 0. The van der Waals surface area contributed by atoms with Gasteiger partial charge in [0.2, 0.25) is 0 Å². The number of fused-ring (bicyclic) bond motifs is 1. The van der Waals surface area contributed by atoms with Crippen molar-refractivity contribution in [2.24, 2.45) is 22.7 Å². The van der Waals surface area contributed by atoms with Gasteiger partial charge in [-0.25, -0.2) is 0 Å². The maximum Gasteiger partial charge on any atom is -0.00492 e. The van der Waals surface area contributed by atoms with E-state index in [1.807, 2.05) is 0 Å². The van der Waals surface area contributed by atoms with Crippen molar-refractivity contribution in [3.05, 3.63) is 47.1 Å². The van der Waals surface area contributed by atoms with Crippen LogP contribution in [0.5, 0.6) is 0 Å². The van der Waals surface area contributed by atoms with Gasteiger partial charge in [0.05, 0.1) is 0 Å². The predicted molar refractivity (Wildman–Crippen MR) is 89.6 cm³/mol. The molecule has 2 unspecified atom stereocenters. The summed E-state index contributed by atoms with van der Waals surface area (Å²) in [7, 11) is 0. The topological polar surface area (TPSA) is 0 Å². The van der Waals surface area contributed by atoms with Gasteiger partial charge in [-0.2, -0.15) is 0 Å². The highest BCUT2D eigenvalue weighted by molar-refractivity contribution is 5.50. The van der Waals surface area contributed by atoms with E-state index in [9.17, 15) is 0 Å². The van der Waals surface area contributed by atoms with E-state index < -0.39 is 0 Å². The lowest BCUT2D eigenvalue weighted by molar-refractivity contribution is 0.122. The summed E-state index contributed by atoms with van der Waals surface area (Å²) in [6, 6.07) is 0. The summed E-state index contributed by atoms with van der Waals surface area (Å²) >= 11 is 0. The SMILES string of the molecule is C/C1=C/C2=CC=CC(C)C=C2C(C)(C)C(C)(C)CC1C. The molecule has 0 amide bonds. The first kappa shape index (κ1) is 15.4. The minimum atomic E-state index is 0.185. The number of allylic oxidation sites excluding steroid dienone is 8. The van der Waals surface area contributed by atoms with E-state index >= 15 is 0 Å². The van der Waals surface area contributed by atoms with Gasteiger partial charge in [0.25, 0.3) is 0 Å². The van der Waals surface area contributed by atoms with Gasteiger partial charge in [-0.05, 0) is 47.2 Å². The Morgan fingerprint density at radius 3 is 2.40 bits per heavy atom. The molecule has 20 heavy (non-hydrogen) atoms. The van der Waals surface area contributed by atoms with Gasteiger partial charge in [0.15, 0.2) is 0 Å². The Morgan fingerprint density at radius 2 is 1.75 bits per heavy atom. The summed E-state index contributed by atoms with van der Waals surface area (Å²) in [5, 5.41) is 0. The van der Waals surface area contributed by atoms with Crippen LogP contribution in [0.25, 0.3) is 0 Å². The van der Waals surface area contributed by atoms with E-state index in [1.165, 1.54) is 23.1 Å². The van der Waals surface area contributed by atoms with Crippen molar-refractivity contribution in [1.29, 1.82) is 0 Å². The van der Waals surface area contributed by atoms with Crippen LogP contribution in [0.3, 0.4) is 0 Å². The van der Waals surface area contributed by atoms with Crippen molar-refractivity contribution >= 4 is 0 Å². The molecule has 2 rings (SSSR count). The highest BCUT2D eigenvalue weighted by Crippen LogP contribution is 2.53. The van der Waals surface area contributed by atoms with Crippen LogP contribution in [-0.4, -0.2) is 0 Å². The smallest absolute Gasteiger partial charge is 0.00492 e. The lowest BCUT2D eigenvalue weighted by atomic mass is 9.57. The molecule has 0 aromatic rings. The molecule has 0 saturated carbocycles. The molecule has 0 heterocycles. The van der Waals surface area contributed by atoms with Crippen molar-refractivity contribution in [1.82, 2.24) is 0 Å². The molecule has 0 N–H and O–H groups in total. The summed E-state index contributed by atoms with van der Waals surface area (Å²) in [6.45, 7) is 16.6.